The highest BCUT2D eigenvalue weighted by Crippen LogP contribution is 2.32. The summed E-state index contributed by atoms with van der Waals surface area (Å²) in [6, 6.07) is 3.36. The van der Waals surface area contributed by atoms with E-state index in [0.29, 0.717) is 25.2 Å². The first-order valence-corrected chi connectivity index (χ1v) is 4.78. The second-order valence-electron chi connectivity index (χ2n) is 4.06. The Hall–Kier alpha value is -1.00. The van der Waals surface area contributed by atoms with Crippen LogP contribution >= 0.6 is 0 Å². The third-order valence-corrected chi connectivity index (χ3v) is 2.73. The second kappa shape index (κ2) is 3.87. The number of rotatable bonds is 3. The van der Waals surface area contributed by atoms with Crippen molar-refractivity contribution < 1.29 is 18.6 Å². The lowest BCUT2D eigenvalue weighted by molar-refractivity contribution is -0.136. The Balaban J connectivity index is 2.19. The van der Waals surface area contributed by atoms with Gasteiger partial charge in [0.2, 0.25) is 0 Å². The summed E-state index contributed by atoms with van der Waals surface area (Å²) >= 11 is 0. The first kappa shape index (κ1) is 10.5. The molecule has 1 N–H and O–H groups in total. The van der Waals surface area contributed by atoms with Crippen LogP contribution in [0.3, 0.4) is 0 Å². The molecule has 0 spiro atoms. The van der Waals surface area contributed by atoms with Gasteiger partial charge in [0.25, 0.3) is 0 Å². The maximum absolute atomic E-state index is 13.3. The maximum atomic E-state index is 13.3. The van der Waals surface area contributed by atoms with Gasteiger partial charge in [-0.15, -0.1) is 0 Å². The van der Waals surface area contributed by atoms with Crippen LogP contribution in [-0.4, -0.2) is 24.9 Å². The molecule has 1 fully saturated rings. The fourth-order valence-corrected chi connectivity index (χ4v) is 1.72. The van der Waals surface area contributed by atoms with E-state index in [9.17, 15) is 8.78 Å². The molecule has 0 unspecified atom stereocenters. The summed E-state index contributed by atoms with van der Waals surface area (Å²) < 4.78 is 31.2. The summed E-state index contributed by atoms with van der Waals surface area (Å²) in [6.45, 7) is 0.738. The molecular formula is C11H12F2O2. The highest BCUT2D eigenvalue weighted by atomic mass is 19.1. The van der Waals surface area contributed by atoms with E-state index in [4.69, 9.17) is 9.84 Å². The van der Waals surface area contributed by atoms with Crippen molar-refractivity contribution in [1.29, 1.82) is 0 Å². The van der Waals surface area contributed by atoms with Crippen LogP contribution < -0.4 is 0 Å². The lowest BCUT2D eigenvalue weighted by atomic mass is 9.80. The first-order chi connectivity index (χ1) is 7.15. The highest BCUT2D eigenvalue weighted by Gasteiger charge is 2.38. The van der Waals surface area contributed by atoms with Crippen LogP contribution in [0.4, 0.5) is 8.78 Å². The van der Waals surface area contributed by atoms with Crippen molar-refractivity contribution in [2.24, 2.45) is 5.41 Å². The van der Waals surface area contributed by atoms with Gasteiger partial charge in [0.1, 0.15) is 11.6 Å². The third kappa shape index (κ3) is 2.01. The lowest BCUT2D eigenvalue weighted by Gasteiger charge is -2.40. The molecular weight excluding hydrogens is 202 g/mol. The smallest absolute Gasteiger partial charge is 0.126 e. The fraction of sp³-hybridized carbons (Fsp3) is 0.455. The van der Waals surface area contributed by atoms with Gasteiger partial charge in [0.05, 0.1) is 19.8 Å². The van der Waals surface area contributed by atoms with Crippen molar-refractivity contribution in [2.75, 3.05) is 19.8 Å². The summed E-state index contributed by atoms with van der Waals surface area (Å²) in [4.78, 5) is 0. The zero-order valence-corrected chi connectivity index (χ0v) is 8.17. The van der Waals surface area contributed by atoms with Crippen molar-refractivity contribution in [1.82, 2.24) is 0 Å². The number of halogens is 2. The minimum Gasteiger partial charge on any atom is -0.396 e. The summed E-state index contributed by atoms with van der Waals surface area (Å²) in [7, 11) is 0. The molecule has 2 nitrogen and oxygen atoms in total. The van der Waals surface area contributed by atoms with Crippen LogP contribution in [0.5, 0.6) is 0 Å². The minimum atomic E-state index is -0.459. The molecule has 0 aromatic heterocycles. The van der Waals surface area contributed by atoms with Crippen LogP contribution in [0.2, 0.25) is 0 Å². The molecule has 2 rings (SSSR count). The molecule has 0 atom stereocenters. The van der Waals surface area contributed by atoms with Gasteiger partial charge in [0, 0.05) is 5.41 Å². The Kier molecular flexibility index (Phi) is 2.71. The zero-order valence-electron chi connectivity index (χ0n) is 8.17. The summed E-state index contributed by atoms with van der Waals surface area (Å²) in [6.07, 6.45) is 0.313. The van der Waals surface area contributed by atoms with Gasteiger partial charge in [-0.05, 0) is 30.2 Å². The summed E-state index contributed by atoms with van der Waals surface area (Å²) in [5.41, 5.74) is -0.124. The van der Waals surface area contributed by atoms with Crippen molar-refractivity contribution in [3.05, 3.63) is 35.4 Å². The first-order valence-electron chi connectivity index (χ1n) is 4.78. The molecule has 1 saturated heterocycles. The Labute approximate surface area is 86.5 Å². The van der Waals surface area contributed by atoms with Gasteiger partial charge >= 0.3 is 0 Å². The Morgan fingerprint density at radius 1 is 1.33 bits per heavy atom. The summed E-state index contributed by atoms with van der Waals surface area (Å²) in [5, 5.41) is 9.16. The number of aliphatic hydroxyl groups excluding tert-OH is 1. The number of hydrogen-bond donors (Lipinski definition) is 1. The van der Waals surface area contributed by atoms with Gasteiger partial charge in [0.15, 0.2) is 0 Å². The lowest BCUT2D eigenvalue weighted by Crippen LogP contribution is -2.47. The fourth-order valence-electron chi connectivity index (χ4n) is 1.72. The molecule has 0 saturated carbocycles. The second-order valence-corrected chi connectivity index (χ2v) is 4.06. The van der Waals surface area contributed by atoms with E-state index >= 15 is 0 Å². The maximum Gasteiger partial charge on any atom is 0.126 e. The quantitative estimate of drug-likeness (QED) is 0.826. The van der Waals surface area contributed by atoms with E-state index < -0.39 is 17.0 Å². The van der Waals surface area contributed by atoms with Crippen molar-refractivity contribution in [3.8, 4) is 0 Å². The third-order valence-electron chi connectivity index (χ3n) is 2.73. The highest BCUT2D eigenvalue weighted by molar-refractivity contribution is 5.21. The van der Waals surface area contributed by atoms with E-state index in [1.807, 2.05) is 0 Å². The molecule has 82 valence electrons. The topological polar surface area (TPSA) is 29.5 Å². The van der Waals surface area contributed by atoms with Crippen LogP contribution in [0.15, 0.2) is 18.2 Å². The molecule has 0 amide bonds. The summed E-state index contributed by atoms with van der Waals surface area (Å²) in [5.74, 6) is -0.893. The van der Waals surface area contributed by atoms with E-state index in [2.05, 4.69) is 0 Å². The Morgan fingerprint density at radius 2 is 2.07 bits per heavy atom. The van der Waals surface area contributed by atoms with E-state index in [0.717, 1.165) is 12.1 Å². The SMILES string of the molecule is OCC1(Cc2cc(F)ccc2F)COC1. The Bertz CT molecular complexity index is 356. The normalized spacial score (nSPS) is 18.6. The molecule has 1 aliphatic heterocycles. The predicted octanol–water partition coefficient (Wildman–Crippen LogP) is 1.52. The Morgan fingerprint density at radius 3 is 2.60 bits per heavy atom. The number of hydrogen-bond acceptors (Lipinski definition) is 2. The standard InChI is InChI=1S/C11H12F2O2/c12-9-1-2-10(13)8(3-9)4-11(5-14)6-15-7-11/h1-3,14H,4-7H2. The molecule has 4 heteroatoms. The largest absolute Gasteiger partial charge is 0.396 e. The van der Waals surface area contributed by atoms with Gasteiger partial charge in [-0.2, -0.15) is 0 Å². The molecule has 1 aliphatic rings. The monoisotopic (exact) mass is 214 g/mol. The molecule has 0 aliphatic carbocycles. The van der Waals surface area contributed by atoms with Crippen molar-refractivity contribution in [3.63, 3.8) is 0 Å². The van der Waals surface area contributed by atoms with Crippen molar-refractivity contribution >= 4 is 0 Å². The van der Waals surface area contributed by atoms with Crippen LogP contribution in [0, 0.1) is 17.0 Å². The number of benzene rings is 1. The number of ether oxygens (including phenoxy) is 1. The zero-order chi connectivity index (χ0) is 10.9. The van der Waals surface area contributed by atoms with Gasteiger partial charge in [-0.25, -0.2) is 8.78 Å². The van der Waals surface area contributed by atoms with E-state index in [1.165, 1.54) is 6.07 Å². The molecule has 1 heterocycles. The van der Waals surface area contributed by atoms with E-state index in [1.54, 1.807) is 0 Å². The van der Waals surface area contributed by atoms with E-state index in [-0.39, 0.29) is 6.61 Å². The predicted molar refractivity (Wildman–Crippen MR) is 50.4 cm³/mol. The van der Waals surface area contributed by atoms with Gasteiger partial charge in [-0.3, -0.25) is 0 Å². The van der Waals surface area contributed by atoms with Gasteiger partial charge in [-0.1, -0.05) is 0 Å². The average Bonchev–Trinajstić information content (AvgIpc) is 2.17. The van der Waals surface area contributed by atoms with Crippen molar-refractivity contribution in [2.45, 2.75) is 6.42 Å². The minimum absolute atomic E-state index is 0.0665. The molecule has 1 aromatic carbocycles. The van der Waals surface area contributed by atoms with Crippen LogP contribution in [0.25, 0.3) is 0 Å². The number of aliphatic hydroxyl groups is 1. The van der Waals surface area contributed by atoms with Crippen LogP contribution in [-0.2, 0) is 11.2 Å². The molecule has 0 bridgehead atoms. The van der Waals surface area contributed by atoms with Crippen LogP contribution in [0.1, 0.15) is 5.56 Å². The molecule has 1 aromatic rings. The average molecular weight is 214 g/mol. The molecule has 15 heavy (non-hydrogen) atoms. The van der Waals surface area contributed by atoms with Gasteiger partial charge < -0.3 is 9.84 Å². The molecule has 0 radical (unpaired) electrons.